The van der Waals surface area contributed by atoms with E-state index in [0.717, 1.165) is 51.9 Å². The molecule has 1 aliphatic carbocycles. The van der Waals surface area contributed by atoms with Crippen LogP contribution in [0.5, 0.6) is 5.88 Å². The maximum atomic E-state index is 13.0. The summed E-state index contributed by atoms with van der Waals surface area (Å²) in [5.74, 6) is 0.482. The van der Waals surface area contributed by atoms with E-state index in [-0.39, 0.29) is 6.10 Å². The molecule has 10 heteroatoms. The second-order valence-corrected chi connectivity index (χ2v) is 7.27. The van der Waals surface area contributed by atoms with Crippen LogP contribution in [-0.4, -0.2) is 68.0 Å². The van der Waals surface area contributed by atoms with Crippen LogP contribution in [-0.2, 0) is 7.05 Å². The maximum absolute atomic E-state index is 13.0. The molecule has 2 aromatic heterocycles. The zero-order valence-corrected chi connectivity index (χ0v) is 15.9. The van der Waals surface area contributed by atoms with Crippen molar-refractivity contribution in [2.45, 2.75) is 37.8 Å². The molecule has 150 valence electrons. The van der Waals surface area contributed by atoms with Crippen molar-refractivity contribution < 1.29 is 9.13 Å². The van der Waals surface area contributed by atoms with E-state index in [1.165, 1.54) is 23.3 Å². The summed E-state index contributed by atoms with van der Waals surface area (Å²) in [5.41, 5.74) is -0.408. The number of rotatable bonds is 4. The van der Waals surface area contributed by atoms with E-state index in [9.17, 15) is 9.18 Å². The Morgan fingerprint density at radius 2 is 1.71 bits per heavy atom. The molecule has 1 saturated carbocycles. The maximum Gasteiger partial charge on any atom is 0.367 e. The van der Waals surface area contributed by atoms with Crippen LogP contribution in [0, 0.1) is 5.82 Å². The largest absolute Gasteiger partial charge is 0.473 e. The molecule has 1 aliphatic heterocycles. The highest BCUT2D eigenvalue weighted by Crippen LogP contribution is 2.27. The first-order valence-corrected chi connectivity index (χ1v) is 9.62. The highest BCUT2D eigenvalue weighted by Gasteiger charge is 2.29. The molecule has 2 fully saturated rings. The van der Waals surface area contributed by atoms with Gasteiger partial charge < -0.3 is 9.64 Å². The molecule has 4 rings (SSSR count). The standard InChI is InChI=1S/C18H24FN7O2/c1-24-18(27)23-16(12-22-24)28-15-4-2-14(3-5-15)25-6-8-26(9-7-25)17-20-10-13(19)11-21-17/h10-12,14-15H,2-9H2,1H3. The lowest BCUT2D eigenvalue weighted by Crippen LogP contribution is -2.52. The van der Waals surface area contributed by atoms with Crippen LogP contribution in [0.15, 0.2) is 23.4 Å². The highest BCUT2D eigenvalue weighted by atomic mass is 19.1. The SMILES string of the molecule is Cn1ncc(OC2CCC(N3CCN(c4ncc(F)cn4)CC3)CC2)nc1=O. The van der Waals surface area contributed by atoms with E-state index in [4.69, 9.17) is 4.74 Å². The summed E-state index contributed by atoms with van der Waals surface area (Å²) < 4.78 is 20.0. The molecule has 3 heterocycles. The van der Waals surface area contributed by atoms with Gasteiger partial charge >= 0.3 is 5.69 Å². The smallest absolute Gasteiger partial charge is 0.367 e. The molecule has 0 atom stereocenters. The molecule has 9 nitrogen and oxygen atoms in total. The van der Waals surface area contributed by atoms with Crippen molar-refractivity contribution in [3.05, 3.63) is 34.9 Å². The van der Waals surface area contributed by atoms with Crippen molar-refractivity contribution in [1.82, 2.24) is 29.6 Å². The lowest BCUT2D eigenvalue weighted by Gasteiger charge is -2.41. The summed E-state index contributed by atoms with van der Waals surface area (Å²) in [6.45, 7) is 3.56. The molecule has 0 N–H and O–H groups in total. The van der Waals surface area contributed by atoms with Crippen molar-refractivity contribution in [3.8, 4) is 5.88 Å². The second kappa shape index (κ2) is 8.17. The number of piperazine rings is 1. The number of hydrogen-bond donors (Lipinski definition) is 0. The van der Waals surface area contributed by atoms with Crippen molar-refractivity contribution in [2.75, 3.05) is 31.1 Å². The predicted molar refractivity (Wildman–Crippen MR) is 99.7 cm³/mol. The summed E-state index contributed by atoms with van der Waals surface area (Å²) in [7, 11) is 1.56. The van der Waals surface area contributed by atoms with Gasteiger partial charge in [0.05, 0.1) is 12.4 Å². The fraction of sp³-hybridized carbons (Fsp3) is 0.611. The van der Waals surface area contributed by atoms with Gasteiger partial charge in [-0.2, -0.15) is 10.1 Å². The van der Waals surface area contributed by atoms with Crippen LogP contribution >= 0.6 is 0 Å². The molecule has 2 aliphatic rings. The zero-order chi connectivity index (χ0) is 19.5. The van der Waals surface area contributed by atoms with E-state index in [2.05, 4.69) is 29.9 Å². The van der Waals surface area contributed by atoms with Gasteiger partial charge in [-0.1, -0.05) is 0 Å². The van der Waals surface area contributed by atoms with Gasteiger partial charge in [0.2, 0.25) is 11.8 Å². The van der Waals surface area contributed by atoms with Gasteiger partial charge in [0.15, 0.2) is 5.82 Å². The van der Waals surface area contributed by atoms with Gasteiger partial charge in [-0.25, -0.2) is 23.8 Å². The number of aryl methyl sites for hydroxylation is 1. The molecule has 0 spiro atoms. The molecule has 28 heavy (non-hydrogen) atoms. The van der Waals surface area contributed by atoms with Gasteiger partial charge in [-0.05, 0) is 25.7 Å². The average Bonchev–Trinajstić information content (AvgIpc) is 2.72. The Balaban J connectivity index is 1.25. The van der Waals surface area contributed by atoms with E-state index >= 15 is 0 Å². The van der Waals surface area contributed by atoms with Crippen LogP contribution in [0.1, 0.15) is 25.7 Å². The zero-order valence-electron chi connectivity index (χ0n) is 15.9. The Bertz CT molecular complexity index is 844. The van der Waals surface area contributed by atoms with Crippen LogP contribution in [0.2, 0.25) is 0 Å². The second-order valence-electron chi connectivity index (χ2n) is 7.27. The third-order valence-electron chi connectivity index (χ3n) is 5.48. The topological polar surface area (TPSA) is 89.3 Å². The lowest BCUT2D eigenvalue weighted by atomic mass is 9.91. The Morgan fingerprint density at radius 3 is 2.36 bits per heavy atom. The first kappa shape index (κ1) is 18.7. The summed E-state index contributed by atoms with van der Waals surface area (Å²) in [6.07, 6.45) is 7.96. The summed E-state index contributed by atoms with van der Waals surface area (Å²) in [5, 5.41) is 3.94. The molecule has 1 saturated heterocycles. The van der Waals surface area contributed by atoms with Crippen LogP contribution in [0.3, 0.4) is 0 Å². The Labute approximate surface area is 162 Å². The minimum Gasteiger partial charge on any atom is -0.473 e. The number of anilines is 1. The predicted octanol–water partition coefficient (Wildman–Crippen LogP) is 0.617. The van der Waals surface area contributed by atoms with E-state index < -0.39 is 11.5 Å². The fourth-order valence-corrected chi connectivity index (χ4v) is 3.89. The third kappa shape index (κ3) is 4.27. The average molecular weight is 389 g/mol. The minimum atomic E-state index is -0.414. The highest BCUT2D eigenvalue weighted by molar-refractivity contribution is 5.29. The van der Waals surface area contributed by atoms with Crippen molar-refractivity contribution >= 4 is 5.95 Å². The minimum absolute atomic E-state index is 0.0755. The van der Waals surface area contributed by atoms with E-state index in [1.54, 1.807) is 7.05 Å². The van der Waals surface area contributed by atoms with Crippen molar-refractivity contribution in [1.29, 1.82) is 0 Å². The molecular formula is C18H24FN7O2. The van der Waals surface area contributed by atoms with Gasteiger partial charge in [-0.15, -0.1) is 0 Å². The Hall–Kier alpha value is -2.62. The molecule has 2 aromatic rings. The number of halogens is 1. The van der Waals surface area contributed by atoms with Crippen LogP contribution in [0.4, 0.5) is 10.3 Å². The molecule has 0 unspecified atom stereocenters. The van der Waals surface area contributed by atoms with E-state index in [0.29, 0.717) is 17.9 Å². The molecule has 0 aromatic carbocycles. The fourth-order valence-electron chi connectivity index (χ4n) is 3.89. The number of hydrogen-bond acceptors (Lipinski definition) is 8. The van der Waals surface area contributed by atoms with Gasteiger partial charge in [-0.3, -0.25) is 4.90 Å². The van der Waals surface area contributed by atoms with E-state index in [1.807, 2.05) is 0 Å². The summed E-state index contributed by atoms with van der Waals surface area (Å²) in [6, 6.07) is 0.533. The molecule has 0 amide bonds. The van der Waals surface area contributed by atoms with Gasteiger partial charge in [0.1, 0.15) is 12.3 Å². The molecule has 0 bridgehead atoms. The van der Waals surface area contributed by atoms with Gasteiger partial charge in [0, 0.05) is 39.3 Å². The van der Waals surface area contributed by atoms with Crippen LogP contribution in [0.25, 0.3) is 0 Å². The van der Waals surface area contributed by atoms with Gasteiger partial charge in [0.25, 0.3) is 0 Å². The molecule has 0 radical (unpaired) electrons. The Kier molecular flexibility index (Phi) is 5.47. The number of ether oxygens (including phenoxy) is 1. The number of aromatic nitrogens is 5. The first-order chi connectivity index (χ1) is 13.6. The summed E-state index contributed by atoms with van der Waals surface area (Å²) in [4.78, 5) is 28.2. The monoisotopic (exact) mass is 389 g/mol. The molecular weight excluding hydrogens is 365 g/mol. The van der Waals surface area contributed by atoms with Crippen molar-refractivity contribution in [2.24, 2.45) is 7.05 Å². The van der Waals surface area contributed by atoms with Crippen molar-refractivity contribution in [3.63, 3.8) is 0 Å². The number of nitrogens with zero attached hydrogens (tertiary/aromatic N) is 7. The normalized spacial score (nSPS) is 23.6. The Morgan fingerprint density at radius 1 is 1.04 bits per heavy atom. The first-order valence-electron chi connectivity index (χ1n) is 9.62. The summed E-state index contributed by atoms with van der Waals surface area (Å²) >= 11 is 0. The lowest BCUT2D eigenvalue weighted by molar-refractivity contribution is 0.0811. The third-order valence-corrected chi connectivity index (χ3v) is 5.48. The quantitative estimate of drug-likeness (QED) is 0.752. The van der Waals surface area contributed by atoms with Crippen LogP contribution < -0.4 is 15.3 Å².